The van der Waals surface area contributed by atoms with Crippen molar-refractivity contribution < 1.29 is 9.15 Å². The molecule has 0 aliphatic rings. The fourth-order valence-corrected chi connectivity index (χ4v) is 1.57. The first-order valence-electron chi connectivity index (χ1n) is 5.05. The zero-order chi connectivity index (χ0) is 11.4. The molecule has 16 heavy (non-hydrogen) atoms. The molecule has 0 saturated carbocycles. The van der Waals surface area contributed by atoms with Gasteiger partial charge in [-0.1, -0.05) is 0 Å². The normalized spacial score (nSPS) is 10.4. The summed E-state index contributed by atoms with van der Waals surface area (Å²) in [5.41, 5.74) is 2.04. The zero-order valence-corrected chi connectivity index (χ0v) is 9.36. The van der Waals surface area contributed by atoms with Gasteiger partial charge in [0.2, 0.25) is 0 Å². The molecule has 0 amide bonds. The fraction of sp³-hybridized carbons (Fsp3) is 0.250. The van der Waals surface area contributed by atoms with Gasteiger partial charge in [-0.25, -0.2) is 0 Å². The number of pyridine rings is 1. The first-order chi connectivity index (χ1) is 7.85. The van der Waals surface area contributed by atoms with Gasteiger partial charge in [0.1, 0.15) is 11.5 Å². The highest BCUT2D eigenvalue weighted by Gasteiger charge is 2.08. The predicted octanol–water partition coefficient (Wildman–Crippen LogP) is 2.07. The van der Waals surface area contributed by atoms with Gasteiger partial charge in [-0.3, -0.25) is 4.98 Å². The Morgan fingerprint density at radius 3 is 3.06 bits per heavy atom. The molecule has 0 atom stereocenters. The van der Waals surface area contributed by atoms with Crippen molar-refractivity contribution in [3.8, 4) is 16.9 Å². The molecule has 0 radical (unpaired) electrons. The van der Waals surface area contributed by atoms with E-state index in [1.54, 1.807) is 25.8 Å². The van der Waals surface area contributed by atoms with Gasteiger partial charge in [0.15, 0.2) is 0 Å². The second-order valence-corrected chi connectivity index (χ2v) is 3.40. The molecule has 4 heteroatoms. The molecule has 2 rings (SSSR count). The summed E-state index contributed by atoms with van der Waals surface area (Å²) in [6, 6.07) is 3.88. The molecule has 0 saturated heterocycles. The van der Waals surface area contributed by atoms with E-state index < -0.39 is 0 Å². The lowest BCUT2D eigenvalue weighted by atomic mass is 10.1. The quantitative estimate of drug-likeness (QED) is 0.853. The Kier molecular flexibility index (Phi) is 3.22. The van der Waals surface area contributed by atoms with Gasteiger partial charge in [-0.05, 0) is 19.2 Å². The van der Waals surface area contributed by atoms with Crippen LogP contribution in [0.25, 0.3) is 11.1 Å². The molecule has 1 N–H and O–H groups in total. The van der Waals surface area contributed by atoms with Gasteiger partial charge in [-0.15, -0.1) is 0 Å². The van der Waals surface area contributed by atoms with Crippen LogP contribution in [-0.2, 0) is 6.54 Å². The maximum Gasteiger partial charge on any atom is 0.137 e. The second kappa shape index (κ2) is 4.81. The topological polar surface area (TPSA) is 47.3 Å². The lowest BCUT2D eigenvalue weighted by Gasteiger charge is -2.04. The van der Waals surface area contributed by atoms with Gasteiger partial charge in [0.25, 0.3) is 0 Å². The number of ether oxygens (including phenoxy) is 1. The van der Waals surface area contributed by atoms with E-state index in [9.17, 15) is 0 Å². The summed E-state index contributed by atoms with van der Waals surface area (Å²) >= 11 is 0. The van der Waals surface area contributed by atoms with Crippen LogP contribution in [0.15, 0.2) is 35.2 Å². The number of hydrogen-bond acceptors (Lipinski definition) is 4. The smallest absolute Gasteiger partial charge is 0.137 e. The average Bonchev–Trinajstić information content (AvgIpc) is 2.78. The Morgan fingerprint density at radius 2 is 2.31 bits per heavy atom. The predicted molar refractivity (Wildman–Crippen MR) is 61.3 cm³/mol. The number of furan rings is 1. The third-order valence-corrected chi connectivity index (χ3v) is 2.34. The first-order valence-corrected chi connectivity index (χ1v) is 5.05. The third kappa shape index (κ3) is 2.06. The molecular formula is C12H14N2O2. The van der Waals surface area contributed by atoms with E-state index in [0.29, 0.717) is 6.54 Å². The number of methoxy groups -OCH3 is 1. The summed E-state index contributed by atoms with van der Waals surface area (Å²) in [7, 11) is 3.51. The van der Waals surface area contributed by atoms with E-state index in [2.05, 4.69) is 10.3 Å². The van der Waals surface area contributed by atoms with E-state index in [1.807, 2.05) is 19.2 Å². The Bertz CT molecular complexity index is 466. The first kappa shape index (κ1) is 10.7. The van der Waals surface area contributed by atoms with E-state index >= 15 is 0 Å². The minimum Gasteiger partial charge on any atom is -0.495 e. The fourth-order valence-electron chi connectivity index (χ4n) is 1.57. The van der Waals surface area contributed by atoms with Crippen LogP contribution in [0, 0.1) is 0 Å². The standard InChI is InChI=1S/C12H14N2O2/c1-13-8-12-11(3-4-16-12)9-5-10(15-2)7-14-6-9/h3-7,13H,8H2,1-2H3. The van der Waals surface area contributed by atoms with Crippen molar-refractivity contribution in [3.63, 3.8) is 0 Å². The molecule has 0 unspecified atom stereocenters. The highest BCUT2D eigenvalue weighted by Crippen LogP contribution is 2.26. The van der Waals surface area contributed by atoms with Crippen LogP contribution in [0.1, 0.15) is 5.76 Å². The van der Waals surface area contributed by atoms with Crippen molar-refractivity contribution >= 4 is 0 Å². The lowest BCUT2D eigenvalue weighted by molar-refractivity contribution is 0.413. The van der Waals surface area contributed by atoms with E-state index in [4.69, 9.17) is 9.15 Å². The van der Waals surface area contributed by atoms with Crippen LogP contribution in [0.3, 0.4) is 0 Å². The van der Waals surface area contributed by atoms with Crippen molar-refractivity contribution in [2.75, 3.05) is 14.2 Å². The molecule has 0 fully saturated rings. The van der Waals surface area contributed by atoms with Gasteiger partial charge in [0.05, 0.1) is 26.1 Å². The van der Waals surface area contributed by atoms with Gasteiger partial charge in [-0.2, -0.15) is 0 Å². The van der Waals surface area contributed by atoms with Crippen LogP contribution in [0.5, 0.6) is 5.75 Å². The second-order valence-electron chi connectivity index (χ2n) is 3.40. The van der Waals surface area contributed by atoms with E-state index in [-0.39, 0.29) is 0 Å². The summed E-state index contributed by atoms with van der Waals surface area (Å²) in [4.78, 5) is 4.13. The third-order valence-electron chi connectivity index (χ3n) is 2.34. The number of nitrogens with one attached hydrogen (secondary N) is 1. The van der Waals surface area contributed by atoms with Crippen LogP contribution in [-0.4, -0.2) is 19.1 Å². The van der Waals surface area contributed by atoms with Gasteiger partial charge in [0, 0.05) is 17.3 Å². The maximum atomic E-state index is 5.40. The number of aromatic nitrogens is 1. The Hall–Kier alpha value is -1.81. The summed E-state index contributed by atoms with van der Waals surface area (Å²) in [5.74, 6) is 1.65. The number of rotatable bonds is 4. The number of nitrogens with zero attached hydrogens (tertiary/aromatic N) is 1. The average molecular weight is 218 g/mol. The molecule has 0 aliphatic heterocycles. The highest BCUT2D eigenvalue weighted by atomic mass is 16.5. The molecule has 2 aromatic rings. The molecular weight excluding hydrogens is 204 g/mol. The minimum atomic E-state index is 0.694. The monoisotopic (exact) mass is 218 g/mol. The van der Waals surface area contributed by atoms with Crippen molar-refractivity contribution in [2.45, 2.75) is 6.54 Å². The molecule has 2 aromatic heterocycles. The number of hydrogen-bond donors (Lipinski definition) is 1. The Morgan fingerprint density at radius 1 is 1.44 bits per heavy atom. The molecule has 0 aliphatic carbocycles. The van der Waals surface area contributed by atoms with E-state index in [0.717, 1.165) is 22.6 Å². The largest absolute Gasteiger partial charge is 0.495 e. The molecule has 4 nitrogen and oxygen atoms in total. The highest BCUT2D eigenvalue weighted by molar-refractivity contribution is 5.65. The molecule has 0 spiro atoms. The molecule has 0 bridgehead atoms. The van der Waals surface area contributed by atoms with Crippen LogP contribution in [0.2, 0.25) is 0 Å². The van der Waals surface area contributed by atoms with Crippen molar-refractivity contribution in [3.05, 3.63) is 36.5 Å². The molecule has 0 aromatic carbocycles. The summed E-state index contributed by atoms with van der Waals surface area (Å²) < 4.78 is 10.5. The lowest BCUT2D eigenvalue weighted by Crippen LogP contribution is -2.04. The van der Waals surface area contributed by atoms with Gasteiger partial charge < -0.3 is 14.5 Å². The zero-order valence-electron chi connectivity index (χ0n) is 9.36. The van der Waals surface area contributed by atoms with Crippen LogP contribution < -0.4 is 10.1 Å². The van der Waals surface area contributed by atoms with Gasteiger partial charge >= 0.3 is 0 Å². The molecule has 2 heterocycles. The minimum absolute atomic E-state index is 0.694. The maximum absolute atomic E-state index is 5.40. The SMILES string of the molecule is CNCc1occc1-c1cncc(OC)c1. The Labute approximate surface area is 94.3 Å². The summed E-state index contributed by atoms with van der Waals surface area (Å²) in [6.45, 7) is 0.694. The van der Waals surface area contributed by atoms with Crippen molar-refractivity contribution in [1.29, 1.82) is 0 Å². The summed E-state index contributed by atoms with van der Waals surface area (Å²) in [6.07, 6.45) is 5.16. The van der Waals surface area contributed by atoms with Crippen molar-refractivity contribution in [1.82, 2.24) is 10.3 Å². The van der Waals surface area contributed by atoms with E-state index in [1.165, 1.54) is 0 Å². The molecule has 84 valence electrons. The van der Waals surface area contributed by atoms with Crippen molar-refractivity contribution in [2.24, 2.45) is 0 Å². The van der Waals surface area contributed by atoms with Crippen LogP contribution >= 0.6 is 0 Å². The Balaban J connectivity index is 2.37. The van der Waals surface area contributed by atoms with Crippen LogP contribution in [0.4, 0.5) is 0 Å². The summed E-state index contributed by atoms with van der Waals surface area (Å²) in [5, 5.41) is 3.06.